The molecular weight excluding hydrogens is 346 g/mol. The molecule has 92 valence electrons. The quantitative estimate of drug-likeness (QED) is 0.732. The van der Waals surface area contributed by atoms with Crippen molar-refractivity contribution in [1.29, 1.82) is 0 Å². The van der Waals surface area contributed by atoms with Gasteiger partial charge in [0, 0.05) is 28.8 Å². The number of hydrogen-bond donors (Lipinski definition) is 0. The van der Waals surface area contributed by atoms with Gasteiger partial charge in [-0.2, -0.15) is 0 Å². The fraction of sp³-hybridized carbons (Fsp3) is 0.462. The molecule has 0 N–H and O–H groups in total. The van der Waals surface area contributed by atoms with Crippen molar-refractivity contribution in [2.45, 2.75) is 31.8 Å². The maximum Gasteiger partial charge on any atom is 0.223 e. The Labute approximate surface area is 119 Å². The molecule has 1 saturated carbocycles. The average molecular weight is 361 g/mol. The van der Waals surface area contributed by atoms with Crippen molar-refractivity contribution in [3.8, 4) is 0 Å². The minimum Gasteiger partial charge on any atom is -0.335 e. The summed E-state index contributed by atoms with van der Waals surface area (Å²) in [7, 11) is 0. The molecule has 1 aromatic rings. The highest BCUT2D eigenvalue weighted by atomic mass is 79.9. The summed E-state index contributed by atoms with van der Waals surface area (Å²) in [6.45, 7) is 0.720. The van der Waals surface area contributed by atoms with Crippen LogP contribution in [0, 0.1) is 0 Å². The van der Waals surface area contributed by atoms with E-state index in [1.54, 1.807) is 0 Å². The lowest BCUT2D eigenvalue weighted by molar-refractivity contribution is -0.131. The summed E-state index contributed by atoms with van der Waals surface area (Å²) in [5, 5.41) is 0.741. The molecule has 4 heteroatoms. The molecule has 0 radical (unpaired) electrons. The van der Waals surface area contributed by atoms with Gasteiger partial charge in [-0.25, -0.2) is 0 Å². The summed E-state index contributed by atoms with van der Waals surface area (Å²) in [6, 6.07) is 8.57. The van der Waals surface area contributed by atoms with Gasteiger partial charge in [0.15, 0.2) is 0 Å². The minimum atomic E-state index is 0.250. The van der Waals surface area contributed by atoms with Crippen LogP contribution in [0.2, 0.25) is 0 Å². The largest absolute Gasteiger partial charge is 0.335 e. The van der Waals surface area contributed by atoms with Crippen molar-refractivity contribution < 1.29 is 4.79 Å². The summed E-state index contributed by atoms with van der Waals surface area (Å²) >= 11 is 6.87. The maximum absolute atomic E-state index is 12.0. The first kappa shape index (κ1) is 13.1. The van der Waals surface area contributed by atoms with Gasteiger partial charge in [0.05, 0.1) is 0 Å². The van der Waals surface area contributed by atoms with Crippen LogP contribution in [0.3, 0.4) is 0 Å². The number of carbonyl (C=O) groups is 1. The second kappa shape index (κ2) is 6.01. The Kier molecular flexibility index (Phi) is 4.62. The molecule has 0 bridgehead atoms. The SMILES string of the molecule is O=C(CCBr)N(Cc1ccccc1Br)C1CC1. The van der Waals surface area contributed by atoms with Crippen LogP contribution < -0.4 is 0 Å². The van der Waals surface area contributed by atoms with Crippen LogP contribution in [0.25, 0.3) is 0 Å². The molecule has 0 heterocycles. The second-order valence-electron chi connectivity index (χ2n) is 4.28. The highest BCUT2D eigenvalue weighted by molar-refractivity contribution is 9.10. The van der Waals surface area contributed by atoms with Crippen molar-refractivity contribution in [3.05, 3.63) is 34.3 Å². The zero-order valence-electron chi connectivity index (χ0n) is 9.53. The van der Waals surface area contributed by atoms with Crippen molar-refractivity contribution in [2.75, 3.05) is 5.33 Å². The van der Waals surface area contributed by atoms with Gasteiger partial charge in [0.2, 0.25) is 5.91 Å². The molecule has 1 amide bonds. The Balaban J connectivity index is 2.08. The molecule has 1 aromatic carbocycles. The van der Waals surface area contributed by atoms with Gasteiger partial charge in [-0.1, -0.05) is 50.1 Å². The predicted molar refractivity (Wildman–Crippen MR) is 76.1 cm³/mol. The molecule has 1 fully saturated rings. The highest BCUT2D eigenvalue weighted by Crippen LogP contribution is 2.30. The normalized spacial score (nSPS) is 14.7. The molecule has 2 nitrogen and oxygen atoms in total. The van der Waals surface area contributed by atoms with Gasteiger partial charge in [-0.15, -0.1) is 0 Å². The van der Waals surface area contributed by atoms with E-state index >= 15 is 0 Å². The molecular formula is C13H15Br2NO. The monoisotopic (exact) mass is 359 g/mol. The average Bonchev–Trinajstić information content (AvgIpc) is 3.12. The summed E-state index contributed by atoms with van der Waals surface area (Å²) in [5.41, 5.74) is 1.18. The molecule has 0 unspecified atom stereocenters. The first-order valence-electron chi connectivity index (χ1n) is 5.81. The zero-order valence-corrected chi connectivity index (χ0v) is 12.7. The van der Waals surface area contributed by atoms with E-state index in [1.165, 1.54) is 5.56 Å². The molecule has 0 saturated heterocycles. The molecule has 0 spiro atoms. The lowest BCUT2D eigenvalue weighted by Gasteiger charge is -2.22. The first-order valence-corrected chi connectivity index (χ1v) is 7.72. The van der Waals surface area contributed by atoms with Gasteiger partial charge in [0.1, 0.15) is 0 Å². The number of alkyl halides is 1. The van der Waals surface area contributed by atoms with Crippen molar-refractivity contribution in [3.63, 3.8) is 0 Å². The van der Waals surface area contributed by atoms with E-state index in [1.807, 2.05) is 23.1 Å². The standard InChI is InChI=1S/C13H15Br2NO/c14-8-7-13(17)16(11-5-6-11)9-10-3-1-2-4-12(10)15/h1-4,11H,5-9H2. The number of benzene rings is 1. The number of nitrogens with zero attached hydrogens (tertiary/aromatic N) is 1. The van der Waals surface area contributed by atoms with Crippen molar-refractivity contribution in [1.82, 2.24) is 4.90 Å². The number of carbonyl (C=O) groups excluding carboxylic acids is 1. The third-order valence-electron chi connectivity index (χ3n) is 2.91. The molecule has 0 aromatic heterocycles. The van der Waals surface area contributed by atoms with Gasteiger partial charge >= 0.3 is 0 Å². The van der Waals surface area contributed by atoms with Gasteiger partial charge < -0.3 is 4.90 Å². The molecule has 0 atom stereocenters. The van der Waals surface area contributed by atoms with E-state index in [4.69, 9.17) is 0 Å². The number of amides is 1. The van der Waals surface area contributed by atoms with E-state index in [2.05, 4.69) is 37.9 Å². The van der Waals surface area contributed by atoms with Gasteiger partial charge in [0.25, 0.3) is 0 Å². The van der Waals surface area contributed by atoms with E-state index < -0.39 is 0 Å². The first-order chi connectivity index (χ1) is 8.22. The number of rotatable bonds is 5. The van der Waals surface area contributed by atoms with Crippen molar-refractivity contribution in [2.24, 2.45) is 0 Å². The molecule has 0 aliphatic heterocycles. The number of hydrogen-bond acceptors (Lipinski definition) is 1. The van der Waals surface area contributed by atoms with E-state index in [0.29, 0.717) is 12.5 Å². The topological polar surface area (TPSA) is 20.3 Å². The van der Waals surface area contributed by atoms with Crippen LogP contribution in [0.4, 0.5) is 0 Å². The summed E-state index contributed by atoms with van der Waals surface area (Å²) in [5.74, 6) is 0.250. The van der Waals surface area contributed by atoms with Gasteiger partial charge in [-0.05, 0) is 24.5 Å². The highest BCUT2D eigenvalue weighted by Gasteiger charge is 2.32. The molecule has 1 aliphatic rings. The summed E-state index contributed by atoms with van der Waals surface area (Å²) in [6.07, 6.45) is 2.89. The number of halogens is 2. The fourth-order valence-electron chi connectivity index (χ4n) is 1.84. The van der Waals surface area contributed by atoms with Crippen LogP contribution in [0.1, 0.15) is 24.8 Å². The van der Waals surface area contributed by atoms with E-state index in [0.717, 1.165) is 29.2 Å². The lowest BCUT2D eigenvalue weighted by atomic mass is 10.2. The van der Waals surface area contributed by atoms with Crippen LogP contribution in [-0.2, 0) is 11.3 Å². The van der Waals surface area contributed by atoms with Gasteiger partial charge in [-0.3, -0.25) is 4.79 Å². The summed E-state index contributed by atoms with van der Waals surface area (Å²) in [4.78, 5) is 14.0. The van der Waals surface area contributed by atoms with Crippen LogP contribution in [0.5, 0.6) is 0 Å². The molecule has 2 rings (SSSR count). The Morgan fingerprint density at radius 3 is 2.65 bits per heavy atom. The Morgan fingerprint density at radius 1 is 1.35 bits per heavy atom. The van der Waals surface area contributed by atoms with Crippen LogP contribution >= 0.6 is 31.9 Å². The minimum absolute atomic E-state index is 0.250. The lowest BCUT2D eigenvalue weighted by Crippen LogP contribution is -2.32. The van der Waals surface area contributed by atoms with E-state index in [9.17, 15) is 4.79 Å². The Hall–Kier alpha value is -0.350. The van der Waals surface area contributed by atoms with Crippen molar-refractivity contribution >= 4 is 37.8 Å². The molecule has 1 aliphatic carbocycles. The van der Waals surface area contributed by atoms with Crippen LogP contribution in [-0.4, -0.2) is 22.2 Å². The van der Waals surface area contributed by atoms with Crippen LogP contribution in [0.15, 0.2) is 28.7 Å². The zero-order chi connectivity index (χ0) is 12.3. The maximum atomic E-state index is 12.0. The molecule has 17 heavy (non-hydrogen) atoms. The predicted octanol–water partition coefficient (Wildman–Crippen LogP) is 3.73. The Bertz CT molecular complexity index is 404. The fourth-order valence-corrected chi connectivity index (χ4v) is 2.59. The third kappa shape index (κ3) is 3.55. The Morgan fingerprint density at radius 2 is 2.06 bits per heavy atom. The smallest absolute Gasteiger partial charge is 0.223 e. The second-order valence-corrected chi connectivity index (χ2v) is 5.93. The summed E-state index contributed by atoms with van der Waals surface area (Å²) < 4.78 is 1.08. The van der Waals surface area contributed by atoms with E-state index in [-0.39, 0.29) is 5.91 Å². The third-order valence-corrected chi connectivity index (χ3v) is 4.08.